The number of morpholine rings is 1. The van der Waals surface area contributed by atoms with Crippen molar-refractivity contribution in [1.29, 1.82) is 0 Å². The Balaban J connectivity index is 1.39. The summed E-state index contributed by atoms with van der Waals surface area (Å²) in [5, 5.41) is 4.95. The fourth-order valence-corrected chi connectivity index (χ4v) is 5.01. The molecular weight excluding hydrogens is 282 g/mol. The van der Waals surface area contributed by atoms with Crippen molar-refractivity contribution in [3.8, 4) is 0 Å². The molecule has 3 rings (SSSR count). The molecule has 2 unspecified atom stereocenters. The standard InChI is InChI=1S/C16H29N3OS/c1-14-4-2-5-16(12-14)13-21-15(18-16)17-6-3-7-19-8-10-20-11-9-19/h14H,2-13H2,1H3,(H,17,18). The van der Waals surface area contributed by atoms with E-state index in [2.05, 4.69) is 17.1 Å². The Labute approximate surface area is 133 Å². The largest absolute Gasteiger partial charge is 0.379 e. The summed E-state index contributed by atoms with van der Waals surface area (Å²) in [7, 11) is 0. The normalized spacial score (nSPS) is 36.2. The van der Waals surface area contributed by atoms with E-state index in [-0.39, 0.29) is 0 Å². The highest BCUT2D eigenvalue weighted by molar-refractivity contribution is 8.14. The average molecular weight is 311 g/mol. The molecule has 0 aromatic rings. The molecule has 0 amide bonds. The Hall–Kier alpha value is -0.260. The first-order chi connectivity index (χ1) is 10.3. The van der Waals surface area contributed by atoms with Gasteiger partial charge in [-0.25, -0.2) is 0 Å². The number of aliphatic imine (C=N–C) groups is 1. The minimum atomic E-state index is 0.366. The molecule has 5 heteroatoms. The summed E-state index contributed by atoms with van der Waals surface area (Å²) in [6.07, 6.45) is 6.60. The monoisotopic (exact) mass is 311 g/mol. The van der Waals surface area contributed by atoms with Gasteiger partial charge < -0.3 is 10.1 Å². The summed E-state index contributed by atoms with van der Waals surface area (Å²) in [6.45, 7) is 8.48. The van der Waals surface area contributed by atoms with Crippen LogP contribution in [0.2, 0.25) is 0 Å². The zero-order valence-corrected chi connectivity index (χ0v) is 14.1. The predicted molar refractivity (Wildman–Crippen MR) is 90.1 cm³/mol. The van der Waals surface area contributed by atoms with Crippen molar-refractivity contribution in [2.24, 2.45) is 10.9 Å². The number of nitrogens with zero attached hydrogens (tertiary/aromatic N) is 2. The second-order valence-electron chi connectivity index (χ2n) is 6.89. The smallest absolute Gasteiger partial charge is 0.157 e. The minimum Gasteiger partial charge on any atom is -0.379 e. The number of thioether (sulfide) groups is 1. The molecule has 0 radical (unpaired) electrons. The molecule has 2 saturated heterocycles. The van der Waals surface area contributed by atoms with Gasteiger partial charge in [0.2, 0.25) is 0 Å². The topological polar surface area (TPSA) is 36.9 Å². The number of hydrogen-bond donors (Lipinski definition) is 1. The predicted octanol–water partition coefficient (Wildman–Crippen LogP) is 2.35. The van der Waals surface area contributed by atoms with Gasteiger partial charge in [-0.1, -0.05) is 31.5 Å². The number of ether oxygens (including phenoxy) is 1. The van der Waals surface area contributed by atoms with Gasteiger partial charge in [0.15, 0.2) is 5.17 Å². The van der Waals surface area contributed by atoms with E-state index in [9.17, 15) is 0 Å². The quantitative estimate of drug-likeness (QED) is 0.809. The van der Waals surface area contributed by atoms with E-state index >= 15 is 0 Å². The average Bonchev–Trinajstić information content (AvgIpc) is 2.87. The maximum atomic E-state index is 5.38. The van der Waals surface area contributed by atoms with Gasteiger partial charge in [0.1, 0.15) is 0 Å². The van der Waals surface area contributed by atoms with Gasteiger partial charge in [0, 0.05) is 37.5 Å². The fourth-order valence-electron chi connectivity index (χ4n) is 3.80. The molecule has 1 N–H and O–H groups in total. The summed E-state index contributed by atoms with van der Waals surface area (Å²) in [5.74, 6) is 2.09. The van der Waals surface area contributed by atoms with E-state index in [0.717, 1.165) is 51.7 Å². The van der Waals surface area contributed by atoms with Crippen LogP contribution in [0, 0.1) is 5.92 Å². The van der Waals surface area contributed by atoms with Gasteiger partial charge in [-0.05, 0) is 25.2 Å². The second-order valence-corrected chi connectivity index (χ2v) is 7.85. The van der Waals surface area contributed by atoms with Gasteiger partial charge >= 0.3 is 0 Å². The summed E-state index contributed by atoms with van der Waals surface area (Å²) in [4.78, 5) is 7.28. The molecule has 120 valence electrons. The minimum absolute atomic E-state index is 0.366. The number of nitrogens with one attached hydrogen (secondary N) is 1. The van der Waals surface area contributed by atoms with E-state index in [1.807, 2.05) is 11.8 Å². The van der Waals surface area contributed by atoms with Gasteiger partial charge in [0.25, 0.3) is 0 Å². The lowest BCUT2D eigenvalue weighted by atomic mass is 9.78. The third kappa shape index (κ3) is 4.36. The SMILES string of the molecule is CC1CCCC2(CSC(=NCCCN3CCOCC3)N2)C1. The molecule has 21 heavy (non-hydrogen) atoms. The van der Waals surface area contributed by atoms with E-state index in [1.165, 1.54) is 36.6 Å². The Morgan fingerprint density at radius 1 is 1.43 bits per heavy atom. The second kappa shape index (κ2) is 7.34. The first-order valence-electron chi connectivity index (χ1n) is 8.51. The number of amidine groups is 1. The first kappa shape index (κ1) is 15.6. The molecule has 3 fully saturated rings. The summed E-state index contributed by atoms with van der Waals surface area (Å²) < 4.78 is 5.38. The Bertz CT molecular complexity index is 371. The van der Waals surface area contributed by atoms with Crippen LogP contribution >= 0.6 is 11.8 Å². The molecule has 0 aromatic heterocycles. The van der Waals surface area contributed by atoms with Crippen LogP contribution in [0.25, 0.3) is 0 Å². The Morgan fingerprint density at radius 3 is 3.10 bits per heavy atom. The van der Waals surface area contributed by atoms with Crippen molar-refractivity contribution in [2.45, 2.75) is 44.6 Å². The van der Waals surface area contributed by atoms with Crippen LogP contribution in [0.15, 0.2) is 4.99 Å². The van der Waals surface area contributed by atoms with Crippen molar-refractivity contribution in [1.82, 2.24) is 10.2 Å². The lowest BCUT2D eigenvalue weighted by molar-refractivity contribution is 0.0377. The van der Waals surface area contributed by atoms with Crippen LogP contribution in [-0.4, -0.2) is 60.8 Å². The zero-order chi connectivity index (χ0) is 14.5. The molecule has 0 aromatic carbocycles. The van der Waals surface area contributed by atoms with Crippen LogP contribution < -0.4 is 5.32 Å². The third-order valence-electron chi connectivity index (χ3n) is 4.94. The maximum absolute atomic E-state index is 5.38. The van der Waals surface area contributed by atoms with Crippen LogP contribution in [0.4, 0.5) is 0 Å². The van der Waals surface area contributed by atoms with Crippen molar-refractivity contribution >= 4 is 16.9 Å². The van der Waals surface area contributed by atoms with E-state index in [4.69, 9.17) is 9.73 Å². The molecule has 0 bridgehead atoms. The molecule has 2 aliphatic heterocycles. The van der Waals surface area contributed by atoms with Crippen molar-refractivity contribution in [2.75, 3.05) is 45.1 Å². The van der Waals surface area contributed by atoms with Crippen LogP contribution in [0.5, 0.6) is 0 Å². The summed E-state index contributed by atoms with van der Waals surface area (Å²) >= 11 is 1.94. The number of hydrogen-bond acceptors (Lipinski definition) is 4. The summed E-state index contributed by atoms with van der Waals surface area (Å²) in [5.41, 5.74) is 0.366. The molecule has 4 nitrogen and oxygen atoms in total. The van der Waals surface area contributed by atoms with Crippen LogP contribution in [0.3, 0.4) is 0 Å². The molecule has 3 aliphatic rings. The van der Waals surface area contributed by atoms with Crippen molar-refractivity contribution < 1.29 is 4.74 Å². The highest BCUT2D eigenvalue weighted by atomic mass is 32.2. The van der Waals surface area contributed by atoms with E-state index in [0.29, 0.717) is 5.54 Å². The Morgan fingerprint density at radius 2 is 2.29 bits per heavy atom. The van der Waals surface area contributed by atoms with Crippen molar-refractivity contribution in [3.05, 3.63) is 0 Å². The lowest BCUT2D eigenvalue weighted by Crippen LogP contribution is -2.47. The van der Waals surface area contributed by atoms with Gasteiger partial charge in [-0.2, -0.15) is 0 Å². The first-order valence-corrected chi connectivity index (χ1v) is 9.50. The fraction of sp³-hybridized carbons (Fsp3) is 0.938. The molecule has 2 heterocycles. The molecule has 1 spiro atoms. The molecule has 2 atom stereocenters. The highest BCUT2D eigenvalue weighted by Gasteiger charge is 2.40. The highest BCUT2D eigenvalue weighted by Crippen LogP contribution is 2.38. The van der Waals surface area contributed by atoms with E-state index < -0.39 is 0 Å². The van der Waals surface area contributed by atoms with Crippen LogP contribution in [0.1, 0.15) is 39.0 Å². The maximum Gasteiger partial charge on any atom is 0.157 e. The molecule has 1 saturated carbocycles. The third-order valence-corrected chi connectivity index (χ3v) is 6.14. The molecular formula is C16H29N3OS. The van der Waals surface area contributed by atoms with Crippen LogP contribution in [-0.2, 0) is 4.74 Å². The molecule has 1 aliphatic carbocycles. The van der Waals surface area contributed by atoms with Crippen molar-refractivity contribution in [3.63, 3.8) is 0 Å². The van der Waals surface area contributed by atoms with Gasteiger partial charge in [-0.15, -0.1) is 0 Å². The van der Waals surface area contributed by atoms with Gasteiger partial charge in [-0.3, -0.25) is 9.89 Å². The Kier molecular flexibility index (Phi) is 5.46. The van der Waals surface area contributed by atoms with Gasteiger partial charge in [0.05, 0.1) is 13.2 Å². The summed E-state index contributed by atoms with van der Waals surface area (Å²) in [6, 6.07) is 0. The zero-order valence-electron chi connectivity index (χ0n) is 13.3. The van der Waals surface area contributed by atoms with E-state index in [1.54, 1.807) is 0 Å². The lowest BCUT2D eigenvalue weighted by Gasteiger charge is -2.36. The number of rotatable bonds is 4.